The highest BCUT2D eigenvalue weighted by atomic mass is 19.1. The lowest BCUT2D eigenvalue weighted by Crippen LogP contribution is -2.43. The van der Waals surface area contributed by atoms with Gasteiger partial charge in [-0.3, -0.25) is 24.3 Å². The molecule has 0 unspecified atom stereocenters. The average Bonchev–Trinajstić information content (AvgIpc) is 3.89. The summed E-state index contributed by atoms with van der Waals surface area (Å²) in [6.45, 7) is 1.81. The standard InChI is InChI=1S/C35H35F2N5O6/c1-38-32(43)20-42-14-9-24(10-15-42)47-31-19-27-25(18-30(31)46-2)28(8-13-39-27)48-29-7-6-23(17-26(29)37)41-34(45)35(11-12-35)33(44)40-22-5-3-4-21(36)16-22/h3-8,13,16-19,24H,9-12,14-15,20H2,1-2H3,(H,38,43)(H,40,44)(H,41,45). The van der Waals surface area contributed by atoms with Crippen LogP contribution in [0.1, 0.15) is 25.7 Å². The molecule has 0 spiro atoms. The number of methoxy groups -OCH3 is 1. The number of aromatic nitrogens is 1. The number of nitrogens with one attached hydrogen (secondary N) is 3. The van der Waals surface area contributed by atoms with E-state index < -0.39 is 28.9 Å². The maximum Gasteiger partial charge on any atom is 0.240 e. The number of likely N-dealkylation sites (tertiary alicyclic amines) is 1. The number of benzene rings is 3. The molecular weight excluding hydrogens is 624 g/mol. The number of pyridine rings is 1. The lowest BCUT2D eigenvalue weighted by molar-refractivity contribution is -0.131. The molecule has 1 saturated carbocycles. The molecule has 6 rings (SSSR count). The summed E-state index contributed by atoms with van der Waals surface area (Å²) in [4.78, 5) is 44.2. The predicted molar refractivity (Wildman–Crippen MR) is 174 cm³/mol. The van der Waals surface area contributed by atoms with E-state index in [0.29, 0.717) is 47.5 Å². The van der Waals surface area contributed by atoms with Gasteiger partial charge >= 0.3 is 0 Å². The molecule has 13 heteroatoms. The van der Waals surface area contributed by atoms with Crippen LogP contribution in [0.4, 0.5) is 20.2 Å². The van der Waals surface area contributed by atoms with Crippen molar-refractivity contribution < 1.29 is 37.4 Å². The van der Waals surface area contributed by atoms with Gasteiger partial charge in [0, 0.05) is 55.2 Å². The Balaban J connectivity index is 1.12. The quantitative estimate of drug-likeness (QED) is 0.186. The molecule has 1 aliphatic carbocycles. The van der Waals surface area contributed by atoms with Gasteiger partial charge in [-0.25, -0.2) is 8.78 Å². The lowest BCUT2D eigenvalue weighted by atomic mass is 10.0. The van der Waals surface area contributed by atoms with Crippen LogP contribution < -0.4 is 30.2 Å². The first-order chi connectivity index (χ1) is 23.2. The monoisotopic (exact) mass is 659 g/mol. The molecule has 3 N–H and O–H groups in total. The fourth-order valence-electron chi connectivity index (χ4n) is 5.65. The zero-order valence-corrected chi connectivity index (χ0v) is 26.5. The topological polar surface area (TPSA) is 131 Å². The van der Waals surface area contributed by atoms with E-state index in [0.717, 1.165) is 38.1 Å². The summed E-state index contributed by atoms with van der Waals surface area (Å²) in [5.74, 6) is -1.19. The van der Waals surface area contributed by atoms with Gasteiger partial charge in [-0.1, -0.05) is 6.07 Å². The largest absolute Gasteiger partial charge is 0.493 e. The molecule has 0 radical (unpaired) electrons. The first-order valence-electron chi connectivity index (χ1n) is 15.6. The molecule has 3 aromatic carbocycles. The molecule has 1 aromatic heterocycles. The summed E-state index contributed by atoms with van der Waals surface area (Å²) >= 11 is 0. The van der Waals surface area contributed by atoms with Gasteiger partial charge in [-0.2, -0.15) is 0 Å². The number of halogens is 2. The van der Waals surface area contributed by atoms with Crippen molar-refractivity contribution in [1.29, 1.82) is 0 Å². The molecular formula is C35H35F2N5O6. The van der Waals surface area contributed by atoms with Crippen molar-refractivity contribution in [2.75, 3.05) is 44.4 Å². The molecule has 11 nitrogen and oxygen atoms in total. The first kappa shape index (κ1) is 32.6. The molecule has 0 atom stereocenters. The van der Waals surface area contributed by atoms with Crippen molar-refractivity contribution in [2.45, 2.75) is 31.8 Å². The zero-order chi connectivity index (χ0) is 33.8. The Kier molecular flexibility index (Phi) is 9.40. The molecule has 1 aliphatic heterocycles. The molecule has 1 saturated heterocycles. The number of likely N-dealkylation sites (N-methyl/N-ethyl adjacent to an activating group) is 1. The minimum Gasteiger partial charge on any atom is -0.493 e. The van der Waals surface area contributed by atoms with Gasteiger partial charge in [0.2, 0.25) is 17.7 Å². The van der Waals surface area contributed by atoms with E-state index in [1.807, 2.05) is 0 Å². The van der Waals surface area contributed by atoms with Crippen LogP contribution in [0.5, 0.6) is 23.0 Å². The number of rotatable bonds is 11. The molecule has 2 heterocycles. The SMILES string of the molecule is CNC(=O)CN1CCC(Oc2cc3nccc(Oc4ccc(NC(=O)C5(C(=O)Nc6cccc(F)c6)CC5)cc4F)c3cc2OC)CC1. The lowest BCUT2D eigenvalue weighted by Gasteiger charge is -2.31. The van der Waals surface area contributed by atoms with Gasteiger partial charge in [0.1, 0.15) is 23.1 Å². The number of carbonyl (C=O) groups is 3. The van der Waals surface area contributed by atoms with Crippen molar-refractivity contribution >= 4 is 40.0 Å². The van der Waals surface area contributed by atoms with Gasteiger partial charge in [-0.15, -0.1) is 0 Å². The summed E-state index contributed by atoms with van der Waals surface area (Å²) in [5.41, 5.74) is -0.374. The Bertz CT molecular complexity index is 1860. The average molecular weight is 660 g/mol. The van der Waals surface area contributed by atoms with Crippen LogP contribution in [0.3, 0.4) is 0 Å². The van der Waals surface area contributed by atoms with Crippen LogP contribution in [0.2, 0.25) is 0 Å². The molecule has 2 fully saturated rings. The number of amides is 3. The van der Waals surface area contributed by atoms with E-state index in [4.69, 9.17) is 14.2 Å². The molecule has 48 heavy (non-hydrogen) atoms. The van der Waals surface area contributed by atoms with Crippen LogP contribution in [-0.2, 0) is 14.4 Å². The highest BCUT2D eigenvalue weighted by molar-refractivity contribution is 6.16. The van der Waals surface area contributed by atoms with Gasteiger partial charge in [0.25, 0.3) is 0 Å². The van der Waals surface area contributed by atoms with E-state index in [-0.39, 0.29) is 29.1 Å². The van der Waals surface area contributed by atoms with Crippen LogP contribution >= 0.6 is 0 Å². The van der Waals surface area contributed by atoms with E-state index in [2.05, 4.69) is 25.8 Å². The summed E-state index contributed by atoms with van der Waals surface area (Å²) in [7, 11) is 3.15. The number of hydrogen-bond donors (Lipinski definition) is 3. The van der Waals surface area contributed by atoms with Crippen LogP contribution in [0.15, 0.2) is 66.9 Å². The molecule has 3 amide bonds. The van der Waals surface area contributed by atoms with Gasteiger partial charge in [0.05, 0.1) is 19.2 Å². The number of hydrogen-bond acceptors (Lipinski definition) is 8. The van der Waals surface area contributed by atoms with Crippen molar-refractivity contribution in [3.63, 3.8) is 0 Å². The predicted octanol–water partition coefficient (Wildman–Crippen LogP) is 5.26. The van der Waals surface area contributed by atoms with E-state index in [1.165, 1.54) is 37.4 Å². The van der Waals surface area contributed by atoms with E-state index in [1.54, 1.807) is 31.4 Å². The smallest absolute Gasteiger partial charge is 0.240 e. The third kappa shape index (κ3) is 7.15. The third-order valence-electron chi connectivity index (χ3n) is 8.57. The first-order valence-corrected chi connectivity index (χ1v) is 15.6. The Morgan fingerprint density at radius 3 is 2.27 bits per heavy atom. The van der Waals surface area contributed by atoms with E-state index >= 15 is 4.39 Å². The second-order valence-corrected chi connectivity index (χ2v) is 11.8. The third-order valence-corrected chi connectivity index (χ3v) is 8.57. The number of nitrogens with zero attached hydrogens (tertiary/aromatic N) is 2. The number of carbonyl (C=O) groups excluding carboxylic acids is 3. The summed E-state index contributed by atoms with van der Waals surface area (Å²) in [5, 5.41) is 8.42. The number of ether oxygens (including phenoxy) is 3. The normalized spacial score (nSPS) is 15.8. The zero-order valence-electron chi connectivity index (χ0n) is 26.5. The van der Waals surface area contributed by atoms with Gasteiger partial charge < -0.3 is 30.2 Å². The fourth-order valence-corrected chi connectivity index (χ4v) is 5.65. The van der Waals surface area contributed by atoms with Crippen LogP contribution in [0.25, 0.3) is 10.9 Å². The minimum absolute atomic E-state index is 0.0233. The van der Waals surface area contributed by atoms with Crippen molar-refractivity contribution in [2.24, 2.45) is 5.41 Å². The second-order valence-electron chi connectivity index (χ2n) is 11.8. The summed E-state index contributed by atoms with van der Waals surface area (Å²) < 4.78 is 46.7. The number of fused-ring (bicyclic) bond motifs is 1. The van der Waals surface area contributed by atoms with Gasteiger partial charge in [-0.05, 0) is 68.1 Å². The van der Waals surface area contributed by atoms with Crippen LogP contribution in [-0.4, -0.2) is 67.5 Å². The summed E-state index contributed by atoms with van der Waals surface area (Å²) in [6, 6.07) is 14.5. The van der Waals surface area contributed by atoms with Crippen LogP contribution in [0, 0.1) is 17.0 Å². The number of piperidine rings is 1. The Morgan fingerprint density at radius 1 is 0.896 bits per heavy atom. The maximum absolute atomic E-state index is 15.3. The van der Waals surface area contributed by atoms with Gasteiger partial charge in [0.15, 0.2) is 23.1 Å². The Labute approximate surface area is 275 Å². The Hall–Kier alpha value is -5.30. The second kappa shape index (κ2) is 13.8. The molecule has 2 aliphatic rings. The van der Waals surface area contributed by atoms with Crippen molar-refractivity contribution in [3.8, 4) is 23.0 Å². The molecule has 250 valence electrons. The number of anilines is 2. The maximum atomic E-state index is 15.3. The molecule has 4 aromatic rings. The minimum atomic E-state index is -1.32. The van der Waals surface area contributed by atoms with Crippen molar-refractivity contribution in [3.05, 3.63) is 78.5 Å². The highest BCUT2D eigenvalue weighted by Crippen LogP contribution is 2.48. The molecule has 0 bridgehead atoms. The Morgan fingerprint density at radius 2 is 1.62 bits per heavy atom. The van der Waals surface area contributed by atoms with E-state index in [9.17, 15) is 18.8 Å². The summed E-state index contributed by atoms with van der Waals surface area (Å²) in [6.07, 6.45) is 3.59. The van der Waals surface area contributed by atoms with Crippen molar-refractivity contribution in [1.82, 2.24) is 15.2 Å². The highest BCUT2D eigenvalue weighted by Gasteiger charge is 2.56. The fraction of sp³-hybridized carbons (Fsp3) is 0.314.